The van der Waals surface area contributed by atoms with Gasteiger partial charge in [0.1, 0.15) is 16.2 Å². The third-order valence-electron chi connectivity index (χ3n) is 4.36. The summed E-state index contributed by atoms with van der Waals surface area (Å²) in [6, 6.07) is 0. The van der Waals surface area contributed by atoms with E-state index in [1.54, 1.807) is 17.7 Å². The number of allylic oxidation sites excluding steroid dienone is 4. The molecule has 2 aliphatic rings. The van der Waals surface area contributed by atoms with Crippen molar-refractivity contribution < 1.29 is 0 Å². The number of aromatic nitrogens is 6. The van der Waals surface area contributed by atoms with Crippen molar-refractivity contribution in [3.63, 3.8) is 0 Å². The minimum absolute atomic E-state index is 0.759. The van der Waals surface area contributed by atoms with Crippen molar-refractivity contribution in [3.8, 4) is 0 Å². The van der Waals surface area contributed by atoms with Gasteiger partial charge in [0.2, 0.25) is 5.16 Å². The normalized spacial score (nSPS) is 16.6. The van der Waals surface area contributed by atoms with Gasteiger partial charge >= 0.3 is 0 Å². The van der Waals surface area contributed by atoms with Gasteiger partial charge in [-0.1, -0.05) is 12.2 Å². The van der Waals surface area contributed by atoms with Gasteiger partial charge in [0.05, 0.1) is 0 Å². The zero-order chi connectivity index (χ0) is 15.9. The van der Waals surface area contributed by atoms with E-state index >= 15 is 0 Å². The number of hydrogen-bond donors (Lipinski definition) is 0. The average molecular weight is 354 g/mol. The van der Waals surface area contributed by atoms with Crippen LogP contribution in [0.4, 0.5) is 0 Å². The third kappa shape index (κ3) is 2.29. The Labute approximate surface area is 146 Å². The fourth-order valence-corrected chi connectivity index (χ4v) is 5.46. The second kappa shape index (κ2) is 5.78. The minimum Gasteiger partial charge on any atom is -0.229 e. The number of thiophene rings is 1. The molecule has 0 fully saturated rings. The first-order valence-corrected chi connectivity index (χ1v) is 9.61. The van der Waals surface area contributed by atoms with E-state index in [4.69, 9.17) is 0 Å². The van der Waals surface area contributed by atoms with Gasteiger partial charge in [0, 0.05) is 16.0 Å². The number of rotatable bonds is 3. The number of tetrazole rings is 1. The first-order valence-electron chi connectivity index (χ1n) is 7.98. The van der Waals surface area contributed by atoms with Crippen LogP contribution in [0.25, 0.3) is 15.9 Å². The monoisotopic (exact) mass is 354 g/mol. The molecule has 0 aromatic carbocycles. The molecule has 0 bridgehead atoms. The first-order chi connectivity index (χ1) is 11.9. The molecule has 24 heavy (non-hydrogen) atoms. The maximum Gasteiger partial charge on any atom is 0.220 e. The lowest BCUT2D eigenvalue weighted by molar-refractivity contribution is 0.739. The van der Waals surface area contributed by atoms with Crippen molar-refractivity contribution in [2.24, 2.45) is 0 Å². The Morgan fingerprint density at radius 3 is 3.08 bits per heavy atom. The van der Waals surface area contributed by atoms with E-state index in [1.807, 2.05) is 4.68 Å². The number of hydrogen-bond acceptors (Lipinski definition) is 7. The van der Waals surface area contributed by atoms with Crippen molar-refractivity contribution >= 4 is 39.0 Å². The lowest BCUT2D eigenvalue weighted by Crippen LogP contribution is -2.03. The van der Waals surface area contributed by atoms with Crippen LogP contribution in [0.1, 0.15) is 29.7 Å². The van der Waals surface area contributed by atoms with Gasteiger partial charge in [-0.25, -0.2) is 9.97 Å². The van der Waals surface area contributed by atoms with Crippen LogP contribution in [0.5, 0.6) is 0 Å². The van der Waals surface area contributed by atoms with E-state index in [9.17, 15) is 0 Å². The van der Waals surface area contributed by atoms with Crippen LogP contribution in [-0.4, -0.2) is 30.2 Å². The average Bonchev–Trinajstić information content (AvgIpc) is 3.31. The molecule has 0 unspecified atom stereocenters. The molecule has 3 heterocycles. The van der Waals surface area contributed by atoms with E-state index < -0.39 is 0 Å². The summed E-state index contributed by atoms with van der Waals surface area (Å²) in [7, 11) is 0. The molecular weight excluding hydrogens is 340 g/mol. The summed E-state index contributed by atoms with van der Waals surface area (Å²) >= 11 is 3.33. The molecule has 0 atom stereocenters. The van der Waals surface area contributed by atoms with Crippen molar-refractivity contribution in [2.45, 2.75) is 42.3 Å². The predicted octanol–water partition coefficient (Wildman–Crippen LogP) is 3.51. The fraction of sp³-hybridized carbons (Fsp3) is 0.312. The van der Waals surface area contributed by atoms with Gasteiger partial charge in [-0.2, -0.15) is 4.68 Å². The maximum atomic E-state index is 4.53. The van der Waals surface area contributed by atoms with E-state index in [0.717, 1.165) is 46.4 Å². The highest BCUT2D eigenvalue weighted by Gasteiger charge is 2.23. The summed E-state index contributed by atoms with van der Waals surface area (Å²) in [5.74, 6) is 0. The Morgan fingerprint density at radius 2 is 2.17 bits per heavy atom. The van der Waals surface area contributed by atoms with Gasteiger partial charge in [-0.3, -0.25) is 0 Å². The topological polar surface area (TPSA) is 69.4 Å². The molecule has 8 heteroatoms. The summed E-state index contributed by atoms with van der Waals surface area (Å²) in [6.45, 7) is 0. The van der Waals surface area contributed by atoms with Crippen LogP contribution >= 0.6 is 23.1 Å². The van der Waals surface area contributed by atoms with Gasteiger partial charge in [0.25, 0.3) is 0 Å². The summed E-state index contributed by atoms with van der Waals surface area (Å²) in [4.78, 5) is 11.5. The Morgan fingerprint density at radius 1 is 1.17 bits per heavy atom. The maximum absolute atomic E-state index is 4.53. The molecule has 2 aliphatic carbocycles. The standard InChI is InChI=1S/C16H14N6S2/c1-2-5-10(6-3-1)22-16(19-20-21-22)24-15-13-11-7-4-8-12(11)23-14(13)17-9-18-15/h1-2,5,9H,3-4,6-8H2. The molecule has 0 saturated heterocycles. The quantitative estimate of drug-likeness (QED) is 0.671. The number of fused-ring (bicyclic) bond motifs is 3. The molecule has 0 aliphatic heterocycles. The van der Waals surface area contributed by atoms with Crippen LogP contribution in [0, 0.1) is 0 Å². The molecule has 3 aromatic heterocycles. The summed E-state index contributed by atoms with van der Waals surface area (Å²) in [5.41, 5.74) is 2.54. The highest BCUT2D eigenvalue weighted by atomic mass is 32.2. The van der Waals surface area contributed by atoms with Gasteiger partial charge < -0.3 is 0 Å². The largest absolute Gasteiger partial charge is 0.229 e. The van der Waals surface area contributed by atoms with E-state index in [-0.39, 0.29) is 0 Å². The summed E-state index contributed by atoms with van der Waals surface area (Å²) in [6.07, 6.45) is 13.4. The highest BCUT2D eigenvalue weighted by molar-refractivity contribution is 7.99. The Kier molecular flexibility index (Phi) is 3.45. The molecular formula is C16H14N6S2. The van der Waals surface area contributed by atoms with Crippen molar-refractivity contribution in [3.05, 3.63) is 35.0 Å². The lowest BCUT2D eigenvalue weighted by Gasteiger charge is -2.10. The summed E-state index contributed by atoms with van der Waals surface area (Å²) in [5, 5.41) is 15.2. The second-order valence-electron chi connectivity index (χ2n) is 5.82. The van der Waals surface area contributed by atoms with Crippen LogP contribution < -0.4 is 0 Å². The van der Waals surface area contributed by atoms with Crippen molar-refractivity contribution in [1.29, 1.82) is 0 Å². The van der Waals surface area contributed by atoms with Gasteiger partial charge in [-0.15, -0.1) is 16.4 Å². The van der Waals surface area contributed by atoms with E-state index in [1.165, 1.54) is 34.0 Å². The summed E-state index contributed by atoms with van der Waals surface area (Å²) < 4.78 is 1.83. The smallest absolute Gasteiger partial charge is 0.220 e. The Hall–Kier alpha value is -2.06. The molecule has 3 aromatic rings. The molecule has 6 nitrogen and oxygen atoms in total. The minimum atomic E-state index is 0.759. The third-order valence-corrected chi connectivity index (χ3v) is 6.50. The van der Waals surface area contributed by atoms with E-state index in [0.29, 0.717) is 0 Å². The van der Waals surface area contributed by atoms with Crippen LogP contribution in [-0.2, 0) is 12.8 Å². The van der Waals surface area contributed by atoms with Crippen molar-refractivity contribution in [2.75, 3.05) is 0 Å². The van der Waals surface area contributed by atoms with Crippen LogP contribution in [0.2, 0.25) is 0 Å². The lowest BCUT2D eigenvalue weighted by atomic mass is 10.1. The molecule has 0 amide bonds. The zero-order valence-electron chi connectivity index (χ0n) is 12.8. The second-order valence-corrected chi connectivity index (χ2v) is 7.86. The molecule has 0 radical (unpaired) electrons. The first kappa shape index (κ1) is 14.3. The highest BCUT2D eigenvalue weighted by Crippen LogP contribution is 2.41. The van der Waals surface area contributed by atoms with Gasteiger partial charge in [0.15, 0.2) is 0 Å². The molecule has 5 rings (SSSR count). The Bertz CT molecular complexity index is 984. The zero-order valence-corrected chi connectivity index (χ0v) is 14.5. The molecule has 0 spiro atoms. The Balaban J connectivity index is 1.58. The number of aryl methyl sites for hydroxylation is 2. The SMILES string of the molecule is C1=CCCC(n2nnnc2Sc2ncnc3sc4c(c23)CCC4)=C1. The predicted molar refractivity (Wildman–Crippen MR) is 94.0 cm³/mol. The molecule has 0 saturated carbocycles. The van der Waals surface area contributed by atoms with Gasteiger partial charge in [-0.05, 0) is 65.9 Å². The van der Waals surface area contributed by atoms with Crippen LogP contribution in [0.15, 0.2) is 34.7 Å². The van der Waals surface area contributed by atoms with Crippen LogP contribution in [0.3, 0.4) is 0 Å². The molecule has 120 valence electrons. The fourth-order valence-electron chi connectivity index (χ4n) is 3.25. The molecule has 0 N–H and O–H groups in total. The number of nitrogens with zero attached hydrogens (tertiary/aromatic N) is 6. The van der Waals surface area contributed by atoms with Crippen molar-refractivity contribution in [1.82, 2.24) is 30.2 Å². The van der Waals surface area contributed by atoms with E-state index in [2.05, 4.69) is 43.7 Å².